The van der Waals surface area contributed by atoms with E-state index in [1.54, 1.807) is 0 Å². The number of nitrogens with zero attached hydrogens (tertiary/aromatic N) is 3. The zero-order chi connectivity index (χ0) is 12.5. The zero-order valence-electron chi connectivity index (χ0n) is 11.1. The van der Waals surface area contributed by atoms with Gasteiger partial charge in [-0.15, -0.1) is 0 Å². The third-order valence-electron chi connectivity index (χ3n) is 4.18. The second-order valence-electron chi connectivity index (χ2n) is 5.69. The van der Waals surface area contributed by atoms with Gasteiger partial charge in [0.15, 0.2) is 0 Å². The Morgan fingerprint density at radius 1 is 1.11 bits per heavy atom. The molecule has 0 bridgehead atoms. The molecule has 2 fully saturated rings. The Labute approximate surface area is 109 Å². The summed E-state index contributed by atoms with van der Waals surface area (Å²) in [5, 5.41) is 0. The predicted octanol–water partition coefficient (Wildman–Crippen LogP) is 2.71. The lowest BCUT2D eigenvalue weighted by atomic mass is 9.94. The average Bonchev–Trinajstić information content (AvgIpc) is 3.22. The first-order chi connectivity index (χ1) is 8.74. The van der Waals surface area contributed by atoms with Crippen LogP contribution in [0.25, 0.3) is 0 Å². The fourth-order valence-electron chi connectivity index (χ4n) is 2.83. The van der Waals surface area contributed by atoms with Gasteiger partial charge in [-0.1, -0.05) is 19.3 Å². The fraction of sp³-hybridized carbons (Fsp3) is 0.714. The molecular weight excluding hydrogens is 224 g/mol. The molecule has 0 aromatic carbocycles. The van der Waals surface area contributed by atoms with Crippen LogP contribution in [0.15, 0.2) is 6.07 Å². The number of anilines is 2. The summed E-state index contributed by atoms with van der Waals surface area (Å²) in [4.78, 5) is 11.4. The molecule has 2 aliphatic rings. The minimum absolute atomic E-state index is 0.562. The summed E-state index contributed by atoms with van der Waals surface area (Å²) in [6.45, 7) is 0. The molecule has 0 atom stereocenters. The lowest BCUT2D eigenvalue weighted by Gasteiger charge is -2.32. The number of nitrogen functional groups attached to an aromatic ring is 1. The van der Waals surface area contributed by atoms with E-state index in [1.807, 2.05) is 6.07 Å². The Morgan fingerprint density at radius 2 is 1.83 bits per heavy atom. The van der Waals surface area contributed by atoms with E-state index >= 15 is 0 Å². The highest BCUT2D eigenvalue weighted by Crippen LogP contribution is 2.39. The molecule has 0 aliphatic heterocycles. The summed E-state index contributed by atoms with van der Waals surface area (Å²) < 4.78 is 0. The lowest BCUT2D eigenvalue weighted by Crippen LogP contribution is -2.34. The van der Waals surface area contributed by atoms with Crippen molar-refractivity contribution in [2.24, 2.45) is 0 Å². The van der Waals surface area contributed by atoms with Gasteiger partial charge >= 0.3 is 0 Å². The second kappa shape index (κ2) is 4.75. The van der Waals surface area contributed by atoms with Crippen LogP contribution in [0.5, 0.6) is 0 Å². The Hall–Kier alpha value is -1.32. The van der Waals surface area contributed by atoms with Crippen molar-refractivity contribution in [2.45, 2.75) is 56.9 Å². The van der Waals surface area contributed by atoms with E-state index in [9.17, 15) is 0 Å². The molecule has 1 aromatic heterocycles. The van der Waals surface area contributed by atoms with E-state index in [0.29, 0.717) is 17.8 Å². The molecule has 1 aromatic rings. The SMILES string of the molecule is CN(c1cc(N)nc(C2CC2)n1)C1CCCCC1. The zero-order valence-corrected chi connectivity index (χ0v) is 11.1. The fourth-order valence-corrected chi connectivity index (χ4v) is 2.83. The summed E-state index contributed by atoms with van der Waals surface area (Å²) in [5.74, 6) is 3.14. The van der Waals surface area contributed by atoms with E-state index in [0.717, 1.165) is 11.6 Å². The molecule has 1 heterocycles. The Bertz CT molecular complexity index is 422. The first-order valence-corrected chi connectivity index (χ1v) is 7.11. The van der Waals surface area contributed by atoms with Crippen molar-refractivity contribution in [1.82, 2.24) is 9.97 Å². The van der Waals surface area contributed by atoms with Crippen molar-refractivity contribution in [3.63, 3.8) is 0 Å². The molecule has 0 amide bonds. The van der Waals surface area contributed by atoms with Crippen molar-refractivity contribution < 1.29 is 0 Å². The molecule has 0 unspecified atom stereocenters. The van der Waals surface area contributed by atoms with Gasteiger partial charge in [0.25, 0.3) is 0 Å². The highest BCUT2D eigenvalue weighted by molar-refractivity contribution is 5.47. The first kappa shape index (κ1) is 11.8. The molecule has 0 spiro atoms. The molecule has 2 N–H and O–H groups in total. The monoisotopic (exact) mass is 246 g/mol. The Balaban J connectivity index is 1.81. The van der Waals surface area contributed by atoms with Crippen molar-refractivity contribution in [2.75, 3.05) is 17.7 Å². The van der Waals surface area contributed by atoms with Crippen LogP contribution in [0.1, 0.15) is 56.7 Å². The second-order valence-corrected chi connectivity index (χ2v) is 5.69. The number of nitrogens with two attached hydrogens (primary N) is 1. The number of rotatable bonds is 3. The summed E-state index contributed by atoms with van der Waals surface area (Å²) in [7, 11) is 2.15. The lowest BCUT2D eigenvalue weighted by molar-refractivity contribution is 0.425. The highest BCUT2D eigenvalue weighted by atomic mass is 15.2. The first-order valence-electron chi connectivity index (χ1n) is 7.11. The summed E-state index contributed by atoms with van der Waals surface area (Å²) >= 11 is 0. The van der Waals surface area contributed by atoms with Gasteiger partial charge in [-0.2, -0.15) is 0 Å². The number of hydrogen-bond acceptors (Lipinski definition) is 4. The smallest absolute Gasteiger partial charge is 0.136 e. The molecular formula is C14H22N4. The predicted molar refractivity (Wildman–Crippen MR) is 73.7 cm³/mol. The quantitative estimate of drug-likeness (QED) is 0.891. The minimum Gasteiger partial charge on any atom is -0.384 e. The molecule has 4 heteroatoms. The van der Waals surface area contributed by atoms with Gasteiger partial charge in [-0.25, -0.2) is 9.97 Å². The molecule has 3 rings (SSSR count). The van der Waals surface area contributed by atoms with Crippen LogP contribution in [0.2, 0.25) is 0 Å². The van der Waals surface area contributed by atoms with E-state index in [-0.39, 0.29) is 0 Å². The molecule has 18 heavy (non-hydrogen) atoms. The van der Waals surface area contributed by atoms with Crippen molar-refractivity contribution in [3.8, 4) is 0 Å². The van der Waals surface area contributed by atoms with E-state index in [1.165, 1.54) is 44.9 Å². The standard InChI is InChI=1S/C14H22N4/c1-18(11-5-3-2-4-6-11)13-9-12(15)16-14(17-13)10-7-8-10/h9-11H,2-8H2,1H3,(H2,15,16,17). The van der Waals surface area contributed by atoms with Crippen LogP contribution in [0.4, 0.5) is 11.6 Å². The van der Waals surface area contributed by atoms with Crippen LogP contribution in [-0.4, -0.2) is 23.1 Å². The van der Waals surface area contributed by atoms with Crippen LogP contribution in [0, 0.1) is 0 Å². The van der Waals surface area contributed by atoms with E-state index in [4.69, 9.17) is 10.7 Å². The molecule has 0 saturated heterocycles. The van der Waals surface area contributed by atoms with Gasteiger partial charge in [-0.3, -0.25) is 0 Å². The topological polar surface area (TPSA) is 55.0 Å². The summed E-state index contributed by atoms with van der Waals surface area (Å²) in [5.41, 5.74) is 5.91. The Morgan fingerprint density at radius 3 is 2.50 bits per heavy atom. The average molecular weight is 246 g/mol. The normalized spacial score (nSPS) is 20.9. The molecule has 4 nitrogen and oxygen atoms in total. The highest BCUT2D eigenvalue weighted by Gasteiger charge is 2.28. The van der Waals surface area contributed by atoms with Gasteiger partial charge < -0.3 is 10.6 Å². The van der Waals surface area contributed by atoms with Gasteiger partial charge in [0.05, 0.1) is 0 Å². The third kappa shape index (κ3) is 2.42. The molecule has 0 radical (unpaired) electrons. The largest absolute Gasteiger partial charge is 0.384 e. The molecule has 2 saturated carbocycles. The van der Waals surface area contributed by atoms with Gasteiger partial charge in [-0.05, 0) is 25.7 Å². The maximum absolute atomic E-state index is 5.91. The Kier molecular flexibility index (Phi) is 3.10. The number of aromatic nitrogens is 2. The van der Waals surface area contributed by atoms with Crippen molar-refractivity contribution in [3.05, 3.63) is 11.9 Å². The number of hydrogen-bond donors (Lipinski definition) is 1. The maximum atomic E-state index is 5.91. The summed E-state index contributed by atoms with van der Waals surface area (Å²) in [6.07, 6.45) is 9.05. The van der Waals surface area contributed by atoms with Gasteiger partial charge in [0.2, 0.25) is 0 Å². The van der Waals surface area contributed by atoms with Crippen LogP contribution < -0.4 is 10.6 Å². The van der Waals surface area contributed by atoms with Crippen LogP contribution >= 0.6 is 0 Å². The molecule has 98 valence electrons. The van der Waals surface area contributed by atoms with Gasteiger partial charge in [0.1, 0.15) is 17.5 Å². The van der Waals surface area contributed by atoms with Crippen molar-refractivity contribution >= 4 is 11.6 Å². The third-order valence-corrected chi connectivity index (χ3v) is 4.18. The maximum Gasteiger partial charge on any atom is 0.136 e. The van der Waals surface area contributed by atoms with E-state index < -0.39 is 0 Å². The van der Waals surface area contributed by atoms with E-state index in [2.05, 4.69) is 16.9 Å². The van der Waals surface area contributed by atoms with Crippen molar-refractivity contribution in [1.29, 1.82) is 0 Å². The summed E-state index contributed by atoms with van der Waals surface area (Å²) in [6, 6.07) is 2.54. The molecule has 2 aliphatic carbocycles. The minimum atomic E-state index is 0.562. The van der Waals surface area contributed by atoms with Crippen LogP contribution in [0.3, 0.4) is 0 Å². The van der Waals surface area contributed by atoms with Gasteiger partial charge in [0, 0.05) is 25.1 Å². The van der Waals surface area contributed by atoms with Crippen LogP contribution in [-0.2, 0) is 0 Å².